The predicted octanol–water partition coefficient (Wildman–Crippen LogP) is 1.58. The number of sulfonamides is 1. The van der Waals surface area contributed by atoms with Gasteiger partial charge in [-0.15, -0.1) is 6.58 Å². The molecule has 0 radical (unpaired) electrons. The van der Waals surface area contributed by atoms with Crippen LogP contribution in [0, 0.1) is 0 Å². The van der Waals surface area contributed by atoms with E-state index in [0.29, 0.717) is 13.2 Å². The molecule has 3 N–H and O–H groups in total. The maximum Gasteiger partial charge on any atom is 0.238 e. The van der Waals surface area contributed by atoms with Crippen LogP contribution in [0.15, 0.2) is 41.8 Å². The maximum absolute atomic E-state index is 11.1. The van der Waals surface area contributed by atoms with Crippen molar-refractivity contribution in [1.82, 2.24) is 5.32 Å². The molecule has 112 valence electrons. The van der Waals surface area contributed by atoms with E-state index in [1.807, 2.05) is 13.0 Å². The molecule has 0 bridgehead atoms. The Kier molecular flexibility index (Phi) is 6.87. The van der Waals surface area contributed by atoms with Crippen LogP contribution in [0.3, 0.4) is 0 Å². The summed E-state index contributed by atoms with van der Waals surface area (Å²) >= 11 is 0. The number of ether oxygens (including phenoxy) is 1. The van der Waals surface area contributed by atoms with Gasteiger partial charge in [-0.2, -0.15) is 0 Å². The summed E-state index contributed by atoms with van der Waals surface area (Å²) in [5, 5.41) is 8.36. The number of rotatable bonds is 9. The zero-order chi connectivity index (χ0) is 15.0. The fraction of sp³-hybridized carbons (Fsp3) is 0.429. The first-order chi connectivity index (χ1) is 9.45. The van der Waals surface area contributed by atoms with E-state index in [9.17, 15) is 8.42 Å². The van der Waals surface area contributed by atoms with Gasteiger partial charge in [0.15, 0.2) is 0 Å². The molecule has 6 heteroatoms. The van der Waals surface area contributed by atoms with E-state index < -0.39 is 10.0 Å². The summed E-state index contributed by atoms with van der Waals surface area (Å²) < 4.78 is 27.7. The van der Waals surface area contributed by atoms with Gasteiger partial charge in [-0.1, -0.05) is 18.2 Å². The largest absolute Gasteiger partial charge is 0.380 e. The first-order valence-corrected chi connectivity index (χ1v) is 8.04. The first kappa shape index (κ1) is 16.8. The molecule has 0 aromatic heterocycles. The molecule has 0 spiro atoms. The molecule has 0 amide bonds. The number of nitrogens with two attached hydrogens (primary N) is 1. The normalized spacial score (nSPS) is 13.1. The van der Waals surface area contributed by atoms with E-state index in [1.165, 1.54) is 12.1 Å². The summed E-state index contributed by atoms with van der Waals surface area (Å²) in [5.41, 5.74) is 1.00. The van der Waals surface area contributed by atoms with E-state index in [2.05, 4.69) is 11.9 Å². The van der Waals surface area contributed by atoms with Crippen molar-refractivity contribution in [2.75, 3.05) is 19.8 Å². The Morgan fingerprint density at radius 3 is 2.55 bits per heavy atom. The fourth-order valence-corrected chi connectivity index (χ4v) is 2.20. The lowest BCUT2D eigenvalue weighted by Crippen LogP contribution is -2.23. The lowest BCUT2D eigenvalue weighted by molar-refractivity contribution is 0.138. The molecule has 1 aromatic carbocycles. The standard InChI is InChI=1S/C14H22N2O3S/c1-3-4-10-19-11-9-16-12(2)13-5-7-14(8-6-13)20(15,17)18/h3,5-8,12,16H,1,4,9-11H2,2H3,(H2,15,17,18). The number of benzene rings is 1. The second-order valence-corrected chi connectivity index (χ2v) is 6.04. The smallest absolute Gasteiger partial charge is 0.238 e. The highest BCUT2D eigenvalue weighted by atomic mass is 32.2. The molecule has 0 saturated carbocycles. The van der Waals surface area contributed by atoms with Gasteiger partial charge in [-0.3, -0.25) is 0 Å². The van der Waals surface area contributed by atoms with Crippen LogP contribution >= 0.6 is 0 Å². The van der Waals surface area contributed by atoms with Gasteiger partial charge in [0.1, 0.15) is 0 Å². The van der Waals surface area contributed by atoms with E-state index in [1.54, 1.807) is 12.1 Å². The van der Waals surface area contributed by atoms with Crippen molar-refractivity contribution in [2.24, 2.45) is 5.14 Å². The van der Waals surface area contributed by atoms with Crippen molar-refractivity contribution in [3.63, 3.8) is 0 Å². The molecular formula is C14H22N2O3S. The van der Waals surface area contributed by atoms with Crippen molar-refractivity contribution in [1.29, 1.82) is 0 Å². The van der Waals surface area contributed by atoms with Gasteiger partial charge in [-0.05, 0) is 31.0 Å². The monoisotopic (exact) mass is 298 g/mol. The third-order valence-corrected chi connectivity index (χ3v) is 3.80. The molecule has 1 rings (SSSR count). The van der Waals surface area contributed by atoms with Crippen molar-refractivity contribution in [3.8, 4) is 0 Å². The Bertz CT molecular complexity index is 512. The average molecular weight is 298 g/mol. The van der Waals surface area contributed by atoms with Gasteiger partial charge in [-0.25, -0.2) is 13.6 Å². The van der Waals surface area contributed by atoms with Crippen LogP contribution in [0.1, 0.15) is 24.9 Å². The Morgan fingerprint density at radius 2 is 2.00 bits per heavy atom. The molecule has 1 aromatic rings. The van der Waals surface area contributed by atoms with Crippen LogP contribution in [-0.4, -0.2) is 28.2 Å². The van der Waals surface area contributed by atoms with Crippen molar-refractivity contribution < 1.29 is 13.2 Å². The molecule has 5 nitrogen and oxygen atoms in total. The van der Waals surface area contributed by atoms with Crippen LogP contribution in [-0.2, 0) is 14.8 Å². The molecule has 0 aliphatic rings. The van der Waals surface area contributed by atoms with Crippen LogP contribution in [0.5, 0.6) is 0 Å². The molecular weight excluding hydrogens is 276 g/mol. The lowest BCUT2D eigenvalue weighted by atomic mass is 10.1. The minimum Gasteiger partial charge on any atom is -0.380 e. The van der Waals surface area contributed by atoms with Gasteiger partial charge < -0.3 is 10.1 Å². The van der Waals surface area contributed by atoms with Crippen molar-refractivity contribution in [3.05, 3.63) is 42.5 Å². The van der Waals surface area contributed by atoms with Gasteiger partial charge in [0.25, 0.3) is 0 Å². The van der Waals surface area contributed by atoms with Crippen LogP contribution in [0.2, 0.25) is 0 Å². The molecule has 0 fully saturated rings. The van der Waals surface area contributed by atoms with E-state index in [4.69, 9.17) is 9.88 Å². The minimum absolute atomic E-state index is 0.118. The highest BCUT2D eigenvalue weighted by Crippen LogP contribution is 2.15. The molecule has 0 aliphatic carbocycles. The zero-order valence-electron chi connectivity index (χ0n) is 11.7. The summed E-state index contributed by atoms with van der Waals surface area (Å²) in [4.78, 5) is 0.126. The zero-order valence-corrected chi connectivity index (χ0v) is 12.5. The average Bonchev–Trinajstić information content (AvgIpc) is 2.41. The van der Waals surface area contributed by atoms with Gasteiger partial charge in [0, 0.05) is 12.6 Å². The molecule has 1 unspecified atom stereocenters. The highest BCUT2D eigenvalue weighted by molar-refractivity contribution is 7.89. The molecule has 1 atom stereocenters. The van der Waals surface area contributed by atoms with Crippen LogP contribution in [0.25, 0.3) is 0 Å². The van der Waals surface area contributed by atoms with Gasteiger partial charge in [0.05, 0.1) is 18.1 Å². The summed E-state index contributed by atoms with van der Waals surface area (Å²) in [7, 11) is -3.62. The molecule has 0 heterocycles. The number of hydrogen-bond donors (Lipinski definition) is 2. The second-order valence-electron chi connectivity index (χ2n) is 4.48. The topological polar surface area (TPSA) is 81.4 Å². The summed E-state index contributed by atoms with van der Waals surface area (Å²) in [6, 6.07) is 6.67. The van der Waals surface area contributed by atoms with Gasteiger partial charge >= 0.3 is 0 Å². The first-order valence-electron chi connectivity index (χ1n) is 6.50. The van der Waals surface area contributed by atoms with E-state index in [0.717, 1.165) is 18.5 Å². The van der Waals surface area contributed by atoms with Gasteiger partial charge in [0.2, 0.25) is 10.0 Å². The number of hydrogen-bond acceptors (Lipinski definition) is 4. The molecule has 20 heavy (non-hydrogen) atoms. The third-order valence-electron chi connectivity index (χ3n) is 2.87. The third kappa shape index (κ3) is 5.83. The Morgan fingerprint density at radius 1 is 1.35 bits per heavy atom. The summed E-state index contributed by atoms with van der Waals surface area (Å²) in [6.45, 7) is 7.68. The van der Waals surface area contributed by atoms with E-state index >= 15 is 0 Å². The van der Waals surface area contributed by atoms with Crippen molar-refractivity contribution >= 4 is 10.0 Å². The van der Waals surface area contributed by atoms with E-state index in [-0.39, 0.29) is 10.9 Å². The number of primary sulfonamides is 1. The Hall–Kier alpha value is -1.21. The van der Waals surface area contributed by atoms with Crippen LogP contribution in [0.4, 0.5) is 0 Å². The quantitative estimate of drug-likeness (QED) is 0.536. The lowest BCUT2D eigenvalue weighted by Gasteiger charge is -2.14. The van der Waals surface area contributed by atoms with Crippen LogP contribution < -0.4 is 10.5 Å². The maximum atomic E-state index is 11.1. The SMILES string of the molecule is C=CCCOCCNC(C)c1ccc(S(N)(=O)=O)cc1. The molecule has 0 aliphatic heterocycles. The predicted molar refractivity (Wildman–Crippen MR) is 79.9 cm³/mol. The summed E-state index contributed by atoms with van der Waals surface area (Å²) in [6.07, 6.45) is 2.67. The number of nitrogens with one attached hydrogen (secondary N) is 1. The van der Waals surface area contributed by atoms with Crippen molar-refractivity contribution in [2.45, 2.75) is 24.3 Å². The highest BCUT2D eigenvalue weighted by Gasteiger charge is 2.09. The minimum atomic E-state index is -3.62. The second kappa shape index (κ2) is 8.16. The Labute approximate surface area is 120 Å². The summed E-state index contributed by atoms with van der Waals surface area (Å²) in [5.74, 6) is 0. The Balaban J connectivity index is 2.40. The fourth-order valence-electron chi connectivity index (χ4n) is 1.68. The molecule has 0 saturated heterocycles.